The Morgan fingerprint density at radius 3 is 2.72 bits per heavy atom. The topological polar surface area (TPSA) is 64.4 Å². The van der Waals surface area contributed by atoms with Gasteiger partial charge in [0.1, 0.15) is 5.75 Å². The summed E-state index contributed by atoms with van der Waals surface area (Å²) in [4.78, 5) is 2.72. The molecule has 150 valence electrons. The highest BCUT2D eigenvalue weighted by molar-refractivity contribution is 7.92. The van der Waals surface area contributed by atoms with Crippen LogP contribution >= 0.6 is 0 Å². The van der Waals surface area contributed by atoms with Gasteiger partial charge in [0.2, 0.25) is 0 Å². The van der Waals surface area contributed by atoms with Gasteiger partial charge in [-0.2, -0.15) is 5.10 Å². The minimum atomic E-state index is -3.31. The zero-order valence-electron chi connectivity index (χ0n) is 16.4. The number of aryl methyl sites for hydroxylation is 1. The Bertz CT molecular complexity index is 1190. The summed E-state index contributed by atoms with van der Waals surface area (Å²) in [5, 5.41) is 3.86. The third-order valence-corrected chi connectivity index (χ3v) is 8.34. The van der Waals surface area contributed by atoms with E-state index in [9.17, 15) is 8.42 Å². The molecule has 1 aromatic heterocycles. The van der Waals surface area contributed by atoms with E-state index in [1.165, 1.54) is 0 Å². The molecule has 2 aliphatic heterocycles. The number of aromatic nitrogens is 2. The van der Waals surface area contributed by atoms with E-state index in [1.54, 1.807) is 17.9 Å². The van der Waals surface area contributed by atoms with E-state index in [0.717, 1.165) is 34.5 Å². The maximum atomic E-state index is 13.2. The first-order valence-corrected chi connectivity index (χ1v) is 11.2. The van der Waals surface area contributed by atoms with Crippen LogP contribution in [0.1, 0.15) is 17.0 Å². The van der Waals surface area contributed by atoms with Gasteiger partial charge in [-0.25, -0.2) is 8.42 Å². The molecular formula is C22H23N3O3S. The molecule has 0 spiro atoms. The highest BCUT2D eigenvalue weighted by Gasteiger charge is 2.50. The number of para-hydroxylation sites is 1. The van der Waals surface area contributed by atoms with Crippen LogP contribution < -0.4 is 4.74 Å². The average Bonchev–Trinajstić information content (AvgIpc) is 3.39. The number of methoxy groups -OCH3 is 1. The fourth-order valence-electron chi connectivity index (χ4n) is 4.68. The second-order valence-electron chi connectivity index (χ2n) is 7.85. The lowest BCUT2D eigenvalue weighted by Crippen LogP contribution is -2.26. The molecule has 2 aromatic carbocycles. The van der Waals surface area contributed by atoms with Gasteiger partial charge in [0.05, 0.1) is 23.5 Å². The Hall–Kier alpha value is -2.64. The summed E-state index contributed by atoms with van der Waals surface area (Å²) in [5.74, 6) is 0.841. The Balaban J connectivity index is 1.47. The molecule has 0 unspecified atom stereocenters. The molecule has 0 N–H and O–H groups in total. The van der Waals surface area contributed by atoms with Crippen molar-refractivity contribution >= 4 is 9.84 Å². The predicted octanol–water partition coefficient (Wildman–Crippen LogP) is 2.85. The molecule has 1 fully saturated rings. The van der Waals surface area contributed by atoms with Crippen molar-refractivity contribution in [2.24, 2.45) is 7.05 Å². The molecule has 3 heterocycles. The molecule has 1 saturated heterocycles. The second-order valence-corrected chi connectivity index (χ2v) is 9.99. The van der Waals surface area contributed by atoms with E-state index in [1.807, 2.05) is 55.8 Å². The summed E-state index contributed by atoms with van der Waals surface area (Å²) in [6.07, 6.45) is 3.76. The first-order chi connectivity index (χ1) is 14.0. The predicted molar refractivity (Wildman–Crippen MR) is 111 cm³/mol. The van der Waals surface area contributed by atoms with Gasteiger partial charge in [-0.05, 0) is 29.3 Å². The zero-order valence-corrected chi connectivity index (χ0v) is 17.3. The van der Waals surface area contributed by atoms with Crippen molar-refractivity contribution in [3.05, 3.63) is 66.0 Å². The molecule has 7 heteroatoms. The third kappa shape index (κ3) is 2.96. The van der Waals surface area contributed by atoms with Crippen molar-refractivity contribution in [2.75, 3.05) is 20.2 Å². The fourth-order valence-corrected chi connectivity index (χ4v) is 6.87. The standard InChI is InChI=1S/C22H23N3O3S/c1-24-11-17(10-23-24)15-7-8-21-18(9-15)19-13-25(14-22(19)29(21,26)27)12-16-5-3-4-6-20(16)28-2/h3-11,19,22H,12-14H2,1-2H3/t19-,22-/m1/s1. The van der Waals surface area contributed by atoms with Gasteiger partial charge in [0.15, 0.2) is 9.84 Å². The molecule has 29 heavy (non-hydrogen) atoms. The summed E-state index contributed by atoms with van der Waals surface area (Å²) in [6, 6.07) is 13.6. The highest BCUT2D eigenvalue weighted by Crippen LogP contribution is 2.46. The maximum absolute atomic E-state index is 13.2. The second kappa shape index (κ2) is 6.71. The number of likely N-dealkylation sites (tertiary alicyclic amines) is 1. The van der Waals surface area contributed by atoms with Crippen molar-refractivity contribution in [2.45, 2.75) is 22.6 Å². The molecule has 2 atom stereocenters. The van der Waals surface area contributed by atoms with Crippen LogP contribution in [-0.2, 0) is 23.4 Å². The number of rotatable bonds is 4. The lowest BCUT2D eigenvalue weighted by Gasteiger charge is -2.19. The summed E-state index contributed by atoms with van der Waals surface area (Å²) < 4.78 is 33.6. The van der Waals surface area contributed by atoms with Crippen LogP contribution in [0, 0.1) is 0 Å². The van der Waals surface area contributed by atoms with E-state index in [4.69, 9.17) is 4.74 Å². The molecule has 0 saturated carbocycles. The quantitative estimate of drug-likeness (QED) is 0.663. The zero-order chi connectivity index (χ0) is 20.2. The number of fused-ring (bicyclic) bond motifs is 3. The Morgan fingerprint density at radius 1 is 1.14 bits per heavy atom. The molecule has 0 bridgehead atoms. The first-order valence-electron chi connectivity index (χ1n) is 9.68. The minimum absolute atomic E-state index is 0.00123. The fraction of sp³-hybridized carbons (Fsp3) is 0.318. The lowest BCUT2D eigenvalue weighted by atomic mass is 9.95. The minimum Gasteiger partial charge on any atom is -0.496 e. The number of nitrogens with zero attached hydrogens (tertiary/aromatic N) is 3. The van der Waals surface area contributed by atoms with Crippen molar-refractivity contribution in [1.29, 1.82) is 0 Å². The van der Waals surface area contributed by atoms with Crippen LogP contribution in [0.4, 0.5) is 0 Å². The number of ether oxygens (including phenoxy) is 1. The molecule has 5 rings (SSSR count). The SMILES string of the molecule is COc1ccccc1CN1C[C@@H]2c3cc(-c4cnn(C)c4)ccc3S(=O)(=O)[C@@H]2C1. The average molecular weight is 410 g/mol. The molecule has 0 aliphatic carbocycles. The molecule has 0 amide bonds. The maximum Gasteiger partial charge on any atom is 0.183 e. The van der Waals surface area contributed by atoms with Crippen molar-refractivity contribution in [1.82, 2.24) is 14.7 Å². The van der Waals surface area contributed by atoms with Crippen molar-refractivity contribution < 1.29 is 13.2 Å². The molecule has 2 aliphatic rings. The van der Waals surface area contributed by atoms with E-state index in [-0.39, 0.29) is 11.2 Å². The van der Waals surface area contributed by atoms with E-state index >= 15 is 0 Å². The van der Waals surface area contributed by atoms with Crippen molar-refractivity contribution in [3.8, 4) is 16.9 Å². The van der Waals surface area contributed by atoms with Crippen LogP contribution in [-0.4, -0.2) is 48.5 Å². The van der Waals surface area contributed by atoms with E-state index in [2.05, 4.69) is 10.00 Å². The Morgan fingerprint density at radius 2 is 1.97 bits per heavy atom. The molecule has 3 aromatic rings. The summed E-state index contributed by atoms with van der Waals surface area (Å²) >= 11 is 0. The van der Waals surface area contributed by atoms with Crippen LogP contribution in [0.15, 0.2) is 59.8 Å². The summed E-state index contributed by atoms with van der Waals surface area (Å²) in [5.41, 5.74) is 4.03. The Labute approximate surface area is 170 Å². The van der Waals surface area contributed by atoms with Gasteiger partial charge in [0.25, 0.3) is 0 Å². The van der Waals surface area contributed by atoms with Crippen LogP contribution in [0.25, 0.3) is 11.1 Å². The number of hydrogen-bond donors (Lipinski definition) is 0. The van der Waals surface area contributed by atoms with Crippen molar-refractivity contribution in [3.63, 3.8) is 0 Å². The van der Waals surface area contributed by atoms with Gasteiger partial charge in [-0.1, -0.05) is 24.3 Å². The molecule has 6 nitrogen and oxygen atoms in total. The van der Waals surface area contributed by atoms with Gasteiger partial charge < -0.3 is 4.74 Å². The largest absolute Gasteiger partial charge is 0.496 e. The summed E-state index contributed by atoms with van der Waals surface area (Å²) in [7, 11) is 0.232. The van der Waals surface area contributed by atoms with Gasteiger partial charge >= 0.3 is 0 Å². The number of hydrogen-bond acceptors (Lipinski definition) is 5. The highest BCUT2D eigenvalue weighted by atomic mass is 32.2. The van der Waals surface area contributed by atoms with Crippen LogP contribution in [0.5, 0.6) is 5.75 Å². The molecule has 0 radical (unpaired) electrons. The number of sulfone groups is 1. The van der Waals surface area contributed by atoms with Crippen LogP contribution in [0.3, 0.4) is 0 Å². The first kappa shape index (κ1) is 18.4. The molecular weight excluding hydrogens is 386 g/mol. The normalized spacial score (nSPS) is 22.4. The van der Waals surface area contributed by atoms with Crippen LogP contribution in [0.2, 0.25) is 0 Å². The summed E-state index contributed by atoms with van der Waals surface area (Å²) in [6.45, 7) is 1.96. The van der Waals surface area contributed by atoms with Gasteiger partial charge in [0, 0.05) is 49.9 Å². The Kier molecular flexibility index (Phi) is 4.26. The van der Waals surface area contributed by atoms with Gasteiger partial charge in [-0.3, -0.25) is 9.58 Å². The monoisotopic (exact) mass is 409 g/mol. The lowest BCUT2D eigenvalue weighted by molar-refractivity contribution is 0.316. The third-order valence-electron chi connectivity index (χ3n) is 6.08. The van der Waals surface area contributed by atoms with E-state index in [0.29, 0.717) is 18.0 Å². The smallest absolute Gasteiger partial charge is 0.183 e. The van der Waals surface area contributed by atoms with Gasteiger partial charge in [-0.15, -0.1) is 0 Å². The number of benzene rings is 2. The van der Waals surface area contributed by atoms with E-state index < -0.39 is 9.84 Å².